The van der Waals surface area contributed by atoms with Crippen LogP contribution < -0.4 is 5.73 Å². The largest absolute Gasteiger partial charge is 0.375 e. The van der Waals surface area contributed by atoms with Gasteiger partial charge in [0.15, 0.2) is 0 Å². The van der Waals surface area contributed by atoms with Crippen molar-refractivity contribution in [3.63, 3.8) is 0 Å². The van der Waals surface area contributed by atoms with Crippen molar-refractivity contribution in [2.75, 3.05) is 13.2 Å². The van der Waals surface area contributed by atoms with Gasteiger partial charge >= 0.3 is 0 Å². The van der Waals surface area contributed by atoms with Crippen LogP contribution in [0.1, 0.15) is 31.5 Å². The molecular formula is C11H18ClF2N3O. The molecule has 1 rings (SSSR count). The van der Waals surface area contributed by atoms with Gasteiger partial charge in [-0.15, -0.1) is 0 Å². The molecule has 104 valence electrons. The molecule has 1 unspecified atom stereocenters. The van der Waals surface area contributed by atoms with Crippen LogP contribution in [0.2, 0.25) is 5.02 Å². The molecule has 18 heavy (non-hydrogen) atoms. The number of aromatic nitrogens is 2. The van der Waals surface area contributed by atoms with E-state index in [0.717, 1.165) is 18.7 Å². The molecule has 0 bridgehead atoms. The number of aryl methyl sites for hydroxylation is 1. The number of nitrogens with zero attached hydrogens (tertiary/aromatic N) is 2. The van der Waals surface area contributed by atoms with Crippen LogP contribution in [0.3, 0.4) is 0 Å². The third-order valence-electron chi connectivity index (χ3n) is 2.44. The van der Waals surface area contributed by atoms with Crippen molar-refractivity contribution in [3.05, 3.63) is 16.9 Å². The SMILES string of the molecule is CCCn1ncc(Cl)c1C(N)CCOCC(F)F. The fourth-order valence-corrected chi connectivity index (χ4v) is 1.93. The van der Waals surface area contributed by atoms with Crippen LogP contribution in [-0.2, 0) is 11.3 Å². The van der Waals surface area contributed by atoms with Crippen LogP contribution in [0.4, 0.5) is 8.78 Å². The number of rotatable bonds is 8. The first kappa shape index (κ1) is 15.3. The second-order valence-electron chi connectivity index (χ2n) is 3.96. The zero-order valence-electron chi connectivity index (χ0n) is 10.3. The monoisotopic (exact) mass is 281 g/mol. The molecule has 0 aliphatic rings. The average Bonchev–Trinajstić information content (AvgIpc) is 2.66. The Kier molecular flexibility index (Phi) is 6.52. The molecule has 0 saturated carbocycles. The fourth-order valence-electron chi connectivity index (χ4n) is 1.65. The van der Waals surface area contributed by atoms with Gasteiger partial charge in [0.2, 0.25) is 0 Å². The van der Waals surface area contributed by atoms with Crippen molar-refractivity contribution in [1.82, 2.24) is 9.78 Å². The van der Waals surface area contributed by atoms with Crippen molar-refractivity contribution >= 4 is 11.6 Å². The van der Waals surface area contributed by atoms with Crippen LogP contribution in [0.5, 0.6) is 0 Å². The topological polar surface area (TPSA) is 53.1 Å². The van der Waals surface area contributed by atoms with Gasteiger partial charge in [0, 0.05) is 13.2 Å². The quantitative estimate of drug-likeness (QED) is 0.745. The molecule has 0 spiro atoms. The summed E-state index contributed by atoms with van der Waals surface area (Å²) in [6, 6.07) is -0.357. The number of halogens is 3. The third kappa shape index (κ3) is 4.51. The minimum Gasteiger partial charge on any atom is -0.375 e. The van der Waals surface area contributed by atoms with Gasteiger partial charge in [0.25, 0.3) is 6.43 Å². The van der Waals surface area contributed by atoms with Gasteiger partial charge in [-0.1, -0.05) is 18.5 Å². The van der Waals surface area contributed by atoms with Crippen molar-refractivity contribution < 1.29 is 13.5 Å². The molecule has 2 N–H and O–H groups in total. The maximum absolute atomic E-state index is 11.9. The Hall–Kier alpha value is -0.720. The van der Waals surface area contributed by atoms with Crippen LogP contribution >= 0.6 is 11.6 Å². The fraction of sp³-hybridized carbons (Fsp3) is 0.727. The summed E-state index contributed by atoms with van der Waals surface area (Å²) in [6.45, 7) is 2.37. The molecule has 0 radical (unpaired) electrons. The number of hydrogen-bond donors (Lipinski definition) is 1. The highest BCUT2D eigenvalue weighted by molar-refractivity contribution is 6.31. The molecule has 7 heteroatoms. The Balaban J connectivity index is 2.49. The lowest BCUT2D eigenvalue weighted by Gasteiger charge is -2.14. The minimum absolute atomic E-state index is 0.180. The second kappa shape index (κ2) is 7.66. The Labute approximate surface area is 110 Å². The Morgan fingerprint density at radius 1 is 1.56 bits per heavy atom. The van der Waals surface area contributed by atoms with Crippen molar-refractivity contribution in [2.45, 2.75) is 38.8 Å². The van der Waals surface area contributed by atoms with E-state index in [1.807, 2.05) is 6.92 Å². The number of alkyl halides is 2. The summed E-state index contributed by atoms with van der Waals surface area (Å²) in [5.41, 5.74) is 6.71. The Bertz CT molecular complexity index is 360. The van der Waals surface area contributed by atoms with Gasteiger partial charge in [-0.05, 0) is 12.8 Å². The van der Waals surface area contributed by atoms with E-state index in [4.69, 9.17) is 22.1 Å². The Morgan fingerprint density at radius 3 is 2.89 bits per heavy atom. The highest BCUT2D eigenvalue weighted by Crippen LogP contribution is 2.23. The molecule has 4 nitrogen and oxygen atoms in total. The highest BCUT2D eigenvalue weighted by atomic mass is 35.5. The average molecular weight is 282 g/mol. The first-order chi connectivity index (χ1) is 8.56. The second-order valence-corrected chi connectivity index (χ2v) is 4.37. The van der Waals surface area contributed by atoms with E-state index < -0.39 is 13.0 Å². The summed E-state index contributed by atoms with van der Waals surface area (Å²) < 4.78 is 30.3. The molecular weight excluding hydrogens is 264 g/mol. The van der Waals surface area contributed by atoms with Gasteiger partial charge < -0.3 is 10.5 Å². The lowest BCUT2D eigenvalue weighted by molar-refractivity contribution is 0.0150. The molecule has 0 aromatic carbocycles. The molecule has 0 saturated heterocycles. The van der Waals surface area contributed by atoms with E-state index in [2.05, 4.69) is 5.10 Å². The molecule has 0 fully saturated rings. The minimum atomic E-state index is -2.45. The third-order valence-corrected chi connectivity index (χ3v) is 2.73. The van der Waals surface area contributed by atoms with Crippen LogP contribution in [0, 0.1) is 0 Å². The summed E-state index contributed by atoms with van der Waals surface area (Å²) >= 11 is 6.01. The van der Waals surface area contributed by atoms with E-state index in [-0.39, 0.29) is 12.6 Å². The first-order valence-corrected chi connectivity index (χ1v) is 6.26. The summed E-state index contributed by atoms with van der Waals surface area (Å²) in [5, 5.41) is 4.63. The highest BCUT2D eigenvalue weighted by Gasteiger charge is 2.16. The van der Waals surface area contributed by atoms with E-state index in [9.17, 15) is 8.78 Å². The lowest BCUT2D eigenvalue weighted by Crippen LogP contribution is -2.19. The predicted octanol–water partition coefficient (Wildman–Crippen LogP) is 2.62. The van der Waals surface area contributed by atoms with E-state index in [1.165, 1.54) is 0 Å². The maximum Gasteiger partial charge on any atom is 0.261 e. The van der Waals surface area contributed by atoms with Gasteiger partial charge in [0.05, 0.1) is 23.0 Å². The molecule has 1 heterocycles. The van der Waals surface area contributed by atoms with Crippen LogP contribution in [-0.4, -0.2) is 29.4 Å². The van der Waals surface area contributed by atoms with E-state index in [1.54, 1.807) is 10.9 Å². The molecule has 0 aliphatic heterocycles. The number of ether oxygens (including phenoxy) is 1. The summed E-state index contributed by atoms with van der Waals surface area (Å²) in [4.78, 5) is 0. The normalized spacial score (nSPS) is 13.2. The zero-order valence-corrected chi connectivity index (χ0v) is 11.0. The number of hydrogen-bond acceptors (Lipinski definition) is 3. The zero-order chi connectivity index (χ0) is 13.5. The summed E-state index contributed by atoms with van der Waals surface area (Å²) in [6.07, 6.45) is 0.448. The molecule has 1 atom stereocenters. The van der Waals surface area contributed by atoms with Crippen molar-refractivity contribution in [1.29, 1.82) is 0 Å². The van der Waals surface area contributed by atoms with E-state index >= 15 is 0 Å². The van der Waals surface area contributed by atoms with Gasteiger partial charge in [0.1, 0.15) is 6.61 Å². The molecule has 1 aromatic rings. The van der Waals surface area contributed by atoms with E-state index in [0.29, 0.717) is 11.4 Å². The summed E-state index contributed by atoms with van der Waals surface area (Å²) in [5.74, 6) is 0. The molecule has 0 aliphatic carbocycles. The van der Waals surface area contributed by atoms with Crippen molar-refractivity contribution in [2.24, 2.45) is 5.73 Å². The van der Waals surface area contributed by atoms with Gasteiger partial charge in [-0.2, -0.15) is 5.10 Å². The standard InChI is InChI=1S/C11H18ClF2N3O/c1-2-4-17-11(8(12)6-16-17)9(15)3-5-18-7-10(13)14/h6,9-10H,2-5,7,15H2,1H3. The Morgan fingerprint density at radius 2 is 2.28 bits per heavy atom. The summed E-state index contributed by atoms with van der Waals surface area (Å²) in [7, 11) is 0. The lowest BCUT2D eigenvalue weighted by atomic mass is 10.1. The molecule has 1 aromatic heterocycles. The first-order valence-electron chi connectivity index (χ1n) is 5.89. The number of nitrogens with two attached hydrogens (primary N) is 1. The van der Waals surface area contributed by atoms with Gasteiger partial charge in [-0.25, -0.2) is 8.78 Å². The maximum atomic E-state index is 11.9. The predicted molar refractivity (Wildman–Crippen MR) is 65.9 cm³/mol. The van der Waals surface area contributed by atoms with Crippen molar-refractivity contribution in [3.8, 4) is 0 Å². The van der Waals surface area contributed by atoms with Gasteiger partial charge in [-0.3, -0.25) is 4.68 Å². The van der Waals surface area contributed by atoms with Crippen LogP contribution in [0.15, 0.2) is 6.20 Å². The van der Waals surface area contributed by atoms with Crippen LogP contribution in [0.25, 0.3) is 0 Å². The smallest absolute Gasteiger partial charge is 0.261 e. The molecule has 0 amide bonds.